The van der Waals surface area contributed by atoms with Crippen LogP contribution in [0.4, 0.5) is 0 Å². The maximum Gasteiger partial charge on any atom is 0.352 e. The number of fused-ring (bicyclic) bond motifs is 3. The molecule has 1 aliphatic rings. The van der Waals surface area contributed by atoms with Crippen LogP contribution in [-0.4, -0.2) is 21.0 Å². The van der Waals surface area contributed by atoms with Crippen molar-refractivity contribution in [3.05, 3.63) is 51.6 Å². The molecule has 0 fully saturated rings. The number of aryl methyl sites for hydroxylation is 1. The number of aromatic carboxylic acids is 1. The molecule has 0 aliphatic heterocycles. The van der Waals surface area contributed by atoms with Crippen molar-refractivity contribution in [2.75, 3.05) is 0 Å². The normalized spacial score (nSPS) is 13.3. The molecule has 0 unspecified atom stereocenters. The molecule has 19 heavy (non-hydrogen) atoms. The number of nitrogens with one attached hydrogen (secondary N) is 1. The first-order valence-electron chi connectivity index (χ1n) is 6.11. The quantitative estimate of drug-likeness (QED) is 0.812. The molecule has 0 amide bonds. The summed E-state index contributed by atoms with van der Waals surface area (Å²) in [4.78, 5) is 29.1. The van der Waals surface area contributed by atoms with Crippen molar-refractivity contribution in [1.82, 2.24) is 9.97 Å². The number of nitrogens with zero attached hydrogens (tertiary/aromatic N) is 1. The molecule has 1 aromatic carbocycles. The topological polar surface area (TPSA) is 83.0 Å². The molecule has 0 bridgehead atoms. The Hall–Kier alpha value is -2.43. The number of benzene rings is 1. The van der Waals surface area contributed by atoms with Gasteiger partial charge in [0.2, 0.25) is 0 Å². The Morgan fingerprint density at radius 1 is 1.26 bits per heavy atom. The van der Waals surface area contributed by atoms with Crippen molar-refractivity contribution in [3.8, 4) is 11.3 Å². The molecule has 3 rings (SSSR count). The largest absolute Gasteiger partial charge is 0.477 e. The van der Waals surface area contributed by atoms with Crippen LogP contribution in [-0.2, 0) is 12.8 Å². The van der Waals surface area contributed by atoms with Crippen LogP contribution >= 0.6 is 0 Å². The maximum absolute atomic E-state index is 11.6. The molecule has 0 saturated heterocycles. The first-order valence-corrected chi connectivity index (χ1v) is 6.11. The minimum absolute atomic E-state index is 0.0355. The molecule has 1 heterocycles. The van der Waals surface area contributed by atoms with Gasteiger partial charge in [0.1, 0.15) is 5.69 Å². The summed E-state index contributed by atoms with van der Waals surface area (Å²) in [5.74, 6) is -1.12. The second-order valence-electron chi connectivity index (χ2n) is 4.56. The molecule has 5 nitrogen and oxygen atoms in total. The molecular weight excluding hydrogens is 244 g/mol. The summed E-state index contributed by atoms with van der Waals surface area (Å²) >= 11 is 0. The van der Waals surface area contributed by atoms with Crippen LogP contribution in [0.2, 0.25) is 0 Å². The lowest BCUT2D eigenvalue weighted by molar-refractivity contribution is 0.0688. The van der Waals surface area contributed by atoms with Crippen LogP contribution in [0.1, 0.15) is 28.0 Å². The van der Waals surface area contributed by atoms with Gasteiger partial charge in [-0.3, -0.25) is 4.98 Å². The van der Waals surface area contributed by atoms with Gasteiger partial charge >= 0.3 is 11.7 Å². The van der Waals surface area contributed by atoms with E-state index in [-0.39, 0.29) is 5.69 Å². The van der Waals surface area contributed by atoms with Gasteiger partial charge in [0.25, 0.3) is 0 Å². The Labute approximate surface area is 108 Å². The number of aromatic amines is 1. The molecule has 0 radical (unpaired) electrons. The van der Waals surface area contributed by atoms with Crippen LogP contribution in [0.15, 0.2) is 29.1 Å². The Balaban J connectivity index is 2.36. The van der Waals surface area contributed by atoms with Gasteiger partial charge in [0.05, 0.1) is 5.69 Å². The van der Waals surface area contributed by atoms with Crippen LogP contribution in [0.25, 0.3) is 11.3 Å². The number of carboxylic acids is 1. The van der Waals surface area contributed by atoms with Crippen molar-refractivity contribution in [3.63, 3.8) is 0 Å². The van der Waals surface area contributed by atoms with Crippen molar-refractivity contribution >= 4 is 5.97 Å². The fraction of sp³-hybridized carbons (Fsp3) is 0.214. The van der Waals surface area contributed by atoms with Gasteiger partial charge in [-0.15, -0.1) is 0 Å². The molecule has 0 atom stereocenters. The average molecular weight is 256 g/mol. The third-order valence-electron chi connectivity index (χ3n) is 3.39. The average Bonchev–Trinajstić information content (AvgIpc) is 2.57. The van der Waals surface area contributed by atoms with E-state index in [9.17, 15) is 14.7 Å². The van der Waals surface area contributed by atoms with Crippen LogP contribution in [0.5, 0.6) is 0 Å². The highest BCUT2D eigenvalue weighted by atomic mass is 16.4. The predicted molar refractivity (Wildman–Crippen MR) is 69.3 cm³/mol. The minimum atomic E-state index is -1.12. The first kappa shape index (κ1) is 11.6. The fourth-order valence-electron chi connectivity index (χ4n) is 2.57. The van der Waals surface area contributed by atoms with Crippen LogP contribution in [0, 0.1) is 0 Å². The lowest BCUT2D eigenvalue weighted by Crippen LogP contribution is -2.20. The van der Waals surface area contributed by atoms with E-state index in [4.69, 9.17) is 0 Å². The molecule has 1 aliphatic carbocycles. The highest BCUT2D eigenvalue weighted by Crippen LogP contribution is 2.31. The van der Waals surface area contributed by atoms with Crippen LogP contribution in [0.3, 0.4) is 0 Å². The SMILES string of the molecule is O=C(O)c1[nH]c(=O)nc2c1CCCc1ccccc1-2. The smallest absolute Gasteiger partial charge is 0.352 e. The third-order valence-corrected chi connectivity index (χ3v) is 3.39. The van der Waals surface area contributed by atoms with Crippen molar-refractivity contribution in [2.45, 2.75) is 19.3 Å². The summed E-state index contributed by atoms with van der Waals surface area (Å²) in [6.07, 6.45) is 2.31. The van der Waals surface area contributed by atoms with Gasteiger partial charge in [0.15, 0.2) is 0 Å². The lowest BCUT2D eigenvalue weighted by Gasteiger charge is -2.09. The second kappa shape index (κ2) is 4.35. The van der Waals surface area contributed by atoms with Crippen molar-refractivity contribution < 1.29 is 9.90 Å². The van der Waals surface area contributed by atoms with E-state index in [0.717, 1.165) is 24.0 Å². The van der Waals surface area contributed by atoms with Gasteiger partial charge in [0, 0.05) is 11.1 Å². The molecule has 0 saturated carbocycles. The molecule has 1 aromatic heterocycles. The number of aromatic nitrogens is 2. The molecule has 5 heteroatoms. The zero-order valence-corrected chi connectivity index (χ0v) is 10.1. The van der Waals surface area contributed by atoms with Gasteiger partial charge < -0.3 is 5.11 Å². The van der Waals surface area contributed by atoms with E-state index in [1.165, 1.54) is 0 Å². The first-order chi connectivity index (χ1) is 9.16. The predicted octanol–water partition coefficient (Wildman–Crippen LogP) is 1.62. The number of carbonyl (C=O) groups is 1. The van der Waals surface area contributed by atoms with E-state index in [2.05, 4.69) is 9.97 Å². The second-order valence-corrected chi connectivity index (χ2v) is 4.56. The Morgan fingerprint density at radius 3 is 2.84 bits per heavy atom. The molecule has 96 valence electrons. The zero-order valence-electron chi connectivity index (χ0n) is 10.1. The van der Waals surface area contributed by atoms with Gasteiger partial charge in [-0.1, -0.05) is 24.3 Å². The summed E-state index contributed by atoms with van der Waals surface area (Å²) in [6.45, 7) is 0. The van der Waals surface area contributed by atoms with Gasteiger partial charge in [-0.25, -0.2) is 9.59 Å². The standard InChI is InChI=1S/C14H12N2O3/c17-13(18)12-10-7-3-5-8-4-1-2-6-9(8)11(10)15-14(19)16-12/h1-2,4,6H,3,5,7H2,(H,17,18)(H,15,16,19). The number of H-pyrrole nitrogens is 1. The van der Waals surface area contributed by atoms with E-state index in [0.29, 0.717) is 17.7 Å². The van der Waals surface area contributed by atoms with Gasteiger partial charge in [-0.05, 0) is 24.8 Å². The third kappa shape index (κ3) is 1.93. The Kier molecular flexibility index (Phi) is 2.67. The highest BCUT2D eigenvalue weighted by molar-refractivity contribution is 5.89. The fourth-order valence-corrected chi connectivity index (χ4v) is 2.57. The summed E-state index contributed by atoms with van der Waals surface area (Å²) in [7, 11) is 0. The van der Waals surface area contributed by atoms with Crippen molar-refractivity contribution in [2.24, 2.45) is 0 Å². The minimum Gasteiger partial charge on any atom is -0.477 e. The monoisotopic (exact) mass is 256 g/mol. The zero-order chi connectivity index (χ0) is 13.4. The van der Waals surface area contributed by atoms with E-state index in [1.54, 1.807) is 0 Å². The highest BCUT2D eigenvalue weighted by Gasteiger charge is 2.22. The lowest BCUT2D eigenvalue weighted by atomic mass is 10.0. The Morgan fingerprint density at radius 2 is 2.05 bits per heavy atom. The Bertz CT molecular complexity index is 719. The van der Waals surface area contributed by atoms with Crippen molar-refractivity contribution in [1.29, 1.82) is 0 Å². The number of hydrogen-bond acceptors (Lipinski definition) is 3. The number of hydrogen-bond donors (Lipinski definition) is 2. The molecule has 2 N–H and O–H groups in total. The maximum atomic E-state index is 11.6. The van der Waals surface area contributed by atoms with Gasteiger partial charge in [-0.2, -0.15) is 4.98 Å². The number of rotatable bonds is 1. The molecule has 0 spiro atoms. The molecular formula is C14H12N2O3. The van der Waals surface area contributed by atoms with E-state index in [1.807, 2.05) is 24.3 Å². The summed E-state index contributed by atoms with van der Waals surface area (Å²) in [5, 5.41) is 9.21. The molecule has 2 aromatic rings. The summed E-state index contributed by atoms with van der Waals surface area (Å²) in [5.41, 5.74) is 2.45. The number of carboxylic acid groups (broad SMARTS) is 1. The summed E-state index contributed by atoms with van der Waals surface area (Å²) < 4.78 is 0. The van der Waals surface area contributed by atoms with E-state index < -0.39 is 11.7 Å². The summed E-state index contributed by atoms with van der Waals surface area (Å²) in [6, 6.07) is 7.69. The van der Waals surface area contributed by atoms with E-state index >= 15 is 0 Å². The van der Waals surface area contributed by atoms with Crippen LogP contribution < -0.4 is 5.69 Å².